The second-order valence-corrected chi connectivity index (χ2v) is 4.88. The highest BCUT2D eigenvalue weighted by atomic mass is 15.2. The number of nitrogens with one attached hydrogen (secondary N) is 1. The van der Waals surface area contributed by atoms with Crippen LogP contribution in [0.25, 0.3) is 0 Å². The molecule has 20 heavy (non-hydrogen) atoms. The van der Waals surface area contributed by atoms with Gasteiger partial charge in [0.05, 0.1) is 0 Å². The third-order valence-electron chi connectivity index (χ3n) is 3.34. The molecule has 2 rings (SSSR count). The summed E-state index contributed by atoms with van der Waals surface area (Å²) < 4.78 is 0. The first-order chi connectivity index (χ1) is 9.65. The normalized spacial score (nSPS) is 10.4. The molecule has 1 aromatic heterocycles. The summed E-state index contributed by atoms with van der Waals surface area (Å²) in [5.74, 6) is 2.77. The summed E-state index contributed by atoms with van der Waals surface area (Å²) in [5, 5.41) is 3.15. The van der Waals surface area contributed by atoms with Crippen LogP contribution in [0.4, 0.5) is 11.6 Å². The van der Waals surface area contributed by atoms with Crippen LogP contribution in [-0.4, -0.2) is 24.1 Å². The van der Waals surface area contributed by atoms with Crippen molar-refractivity contribution in [1.82, 2.24) is 9.97 Å². The minimum Gasteiger partial charge on any atom is -0.373 e. The largest absolute Gasteiger partial charge is 0.373 e. The molecule has 0 bridgehead atoms. The molecule has 0 aliphatic carbocycles. The van der Waals surface area contributed by atoms with Crippen LogP contribution in [0.5, 0.6) is 0 Å². The standard InChI is InChI=1S/C16H22N4/c1-5-14-18-15(17-3)12(2)16(19-14)20(4)11-13-9-7-6-8-10-13/h6-10H,5,11H2,1-4H3,(H,17,18,19). The SMILES string of the molecule is CCc1nc(NC)c(C)c(N(C)Cc2ccccc2)n1. The lowest BCUT2D eigenvalue weighted by Gasteiger charge is -2.22. The van der Waals surface area contributed by atoms with E-state index in [1.54, 1.807) is 0 Å². The van der Waals surface area contributed by atoms with Gasteiger partial charge in [-0.1, -0.05) is 37.3 Å². The highest BCUT2D eigenvalue weighted by molar-refractivity contribution is 5.58. The Kier molecular flexibility index (Phi) is 4.56. The summed E-state index contributed by atoms with van der Waals surface area (Å²) >= 11 is 0. The van der Waals surface area contributed by atoms with E-state index in [1.165, 1.54) is 5.56 Å². The van der Waals surface area contributed by atoms with Gasteiger partial charge in [-0.15, -0.1) is 0 Å². The summed E-state index contributed by atoms with van der Waals surface area (Å²) in [6, 6.07) is 10.4. The zero-order chi connectivity index (χ0) is 14.5. The van der Waals surface area contributed by atoms with Crippen molar-refractivity contribution in [1.29, 1.82) is 0 Å². The Bertz CT molecular complexity index is 566. The molecule has 2 aromatic rings. The number of aromatic nitrogens is 2. The van der Waals surface area contributed by atoms with Gasteiger partial charge in [0.25, 0.3) is 0 Å². The van der Waals surface area contributed by atoms with Gasteiger partial charge in [-0.3, -0.25) is 0 Å². The summed E-state index contributed by atoms with van der Waals surface area (Å²) in [5.41, 5.74) is 2.36. The van der Waals surface area contributed by atoms with Crippen molar-refractivity contribution < 1.29 is 0 Å². The maximum absolute atomic E-state index is 4.67. The Balaban J connectivity index is 2.31. The van der Waals surface area contributed by atoms with Crippen molar-refractivity contribution in [3.63, 3.8) is 0 Å². The second-order valence-electron chi connectivity index (χ2n) is 4.88. The fourth-order valence-electron chi connectivity index (χ4n) is 2.26. The van der Waals surface area contributed by atoms with Gasteiger partial charge in [-0.2, -0.15) is 0 Å². The van der Waals surface area contributed by atoms with Crippen molar-refractivity contribution in [2.24, 2.45) is 0 Å². The van der Waals surface area contributed by atoms with E-state index in [0.717, 1.165) is 36.0 Å². The van der Waals surface area contributed by atoms with Crippen molar-refractivity contribution in [3.05, 3.63) is 47.3 Å². The molecule has 0 saturated heterocycles. The first-order valence-electron chi connectivity index (χ1n) is 6.96. The van der Waals surface area contributed by atoms with Gasteiger partial charge in [-0.05, 0) is 12.5 Å². The molecule has 0 unspecified atom stereocenters. The summed E-state index contributed by atoms with van der Waals surface area (Å²) in [7, 11) is 3.97. The van der Waals surface area contributed by atoms with E-state index in [2.05, 4.69) is 65.3 Å². The Morgan fingerprint density at radius 1 is 1.15 bits per heavy atom. The Morgan fingerprint density at radius 3 is 2.45 bits per heavy atom. The molecule has 0 saturated carbocycles. The van der Waals surface area contributed by atoms with Crippen LogP contribution < -0.4 is 10.2 Å². The van der Waals surface area contributed by atoms with Gasteiger partial charge < -0.3 is 10.2 Å². The van der Waals surface area contributed by atoms with E-state index in [9.17, 15) is 0 Å². The van der Waals surface area contributed by atoms with Crippen LogP contribution in [0, 0.1) is 6.92 Å². The van der Waals surface area contributed by atoms with E-state index in [0.29, 0.717) is 0 Å². The molecule has 1 N–H and O–H groups in total. The number of aryl methyl sites for hydroxylation is 1. The van der Waals surface area contributed by atoms with Crippen LogP contribution in [0.1, 0.15) is 23.9 Å². The smallest absolute Gasteiger partial charge is 0.137 e. The minimum atomic E-state index is 0.834. The monoisotopic (exact) mass is 270 g/mol. The third-order valence-corrected chi connectivity index (χ3v) is 3.34. The molecule has 4 heteroatoms. The van der Waals surface area contributed by atoms with E-state index >= 15 is 0 Å². The molecule has 1 heterocycles. The van der Waals surface area contributed by atoms with E-state index in [-0.39, 0.29) is 0 Å². The Morgan fingerprint density at radius 2 is 1.85 bits per heavy atom. The number of rotatable bonds is 5. The third kappa shape index (κ3) is 3.07. The lowest BCUT2D eigenvalue weighted by atomic mass is 10.2. The summed E-state index contributed by atoms with van der Waals surface area (Å²) in [4.78, 5) is 11.4. The van der Waals surface area contributed by atoms with Gasteiger partial charge >= 0.3 is 0 Å². The van der Waals surface area contributed by atoms with Crippen LogP contribution in [-0.2, 0) is 13.0 Å². The molecule has 0 spiro atoms. The molecule has 0 fully saturated rings. The molecule has 0 atom stereocenters. The van der Waals surface area contributed by atoms with Gasteiger partial charge in [0.15, 0.2) is 0 Å². The van der Waals surface area contributed by atoms with Gasteiger partial charge in [0, 0.05) is 32.6 Å². The highest BCUT2D eigenvalue weighted by Crippen LogP contribution is 2.23. The van der Waals surface area contributed by atoms with E-state index in [1.807, 2.05) is 13.1 Å². The number of nitrogens with zero attached hydrogens (tertiary/aromatic N) is 3. The molecule has 0 aliphatic heterocycles. The molecule has 4 nitrogen and oxygen atoms in total. The first kappa shape index (κ1) is 14.3. The van der Waals surface area contributed by atoms with Gasteiger partial charge in [0.1, 0.15) is 17.5 Å². The first-order valence-corrected chi connectivity index (χ1v) is 6.96. The maximum Gasteiger partial charge on any atom is 0.137 e. The lowest BCUT2D eigenvalue weighted by molar-refractivity contribution is 0.850. The average Bonchev–Trinajstić information content (AvgIpc) is 2.48. The molecular weight excluding hydrogens is 248 g/mol. The van der Waals surface area contributed by atoms with Crippen molar-refractivity contribution in [2.75, 3.05) is 24.3 Å². The van der Waals surface area contributed by atoms with Crippen molar-refractivity contribution >= 4 is 11.6 Å². The predicted molar refractivity (Wildman–Crippen MR) is 84.2 cm³/mol. The quantitative estimate of drug-likeness (QED) is 0.906. The number of anilines is 2. The zero-order valence-corrected chi connectivity index (χ0v) is 12.6. The Hall–Kier alpha value is -2.10. The summed E-state index contributed by atoms with van der Waals surface area (Å²) in [6.07, 6.45) is 0.834. The topological polar surface area (TPSA) is 41.1 Å². The number of benzene rings is 1. The minimum absolute atomic E-state index is 0.834. The Labute approximate surface area is 120 Å². The number of hydrogen-bond donors (Lipinski definition) is 1. The second kappa shape index (κ2) is 6.37. The molecule has 0 aliphatic rings. The van der Waals surface area contributed by atoms with Crippen LogP contribution in [0.15, 0.2) is 30.3 Å². The predicted octanol–water partition coefficient (Wildman–Crippen LogP) is 3.03. The maximum atomic E-state index is 4.67. The fraction of sp³-hybridized carbons (Fsp3) is 0.375. The molecule has 1 aromatic carbocycles. The number of hydrogen-bond acceptors (Lipinski definition) is 4. The fourth-order valence-corrected chi connectivity index (χ4v) is 2.26. The molecule has 0 amide bonds. The molecule has 0 radical (unpaired) electrons. The molecular formula is C16H22N4. The molecule has 106 valence electrons. The van der Waals surface area contributed by atoms with Gasteiger partial charge in [-0.25, -0.2) is 9.97 Å². The zero-order valence-electron chi connectivity index (χ0n) is 12.6. The van der Waals surface area contributed by atoms with E-state index < -0.39 is 0 Å². The average molecular weight is 270 g/mol. The summed E-state index contributed by atoms with van der Waals surface area (Å²) in [6.45, 7) is 4.97. The lowest BCUT2D eigenvalue weighted by Crippen LogP contribution is -2.20. The van der Waals surface area contributed by atoms with Crippen molar-refractivity contribution in [3.8, 4) is 0 Å². The van der Waals surface area contributed by atoms with Crippen molar-refractivity contribution in [2.45, 2.75) is 26.8 Å². The van der Waals surface area contributed by atoms with Crippen LogP contribution >= 0.6 is 0 Å². The van der Waals surface area contributed by atoms with Gasteiger partial charge in [0.2, 0.25) is 0 Å². The highest BCUT2D eigenvalue weighted by Gasteiger charge is 2.13. The van der Waals surface area contributed by atoms with Crippen LogP contribution in [0.3, 0.4) is 0 Å². The van der Waals surface area contributed by atoms with E-state index in [4.69, 9.17) is 0 Å². The van der Waals surface area contributed by atoms with Crippen LogP contribution in [0.2, 0.25) is 0 Å².